The average Bonchev–Trinajstić information content (AvgIpc) is 2.25. The molecule has 0 amide bonds. The minimum atomic E-state index is -4.58. The van der Waals surface area contributed by atoms with Gasteiger partial charge in [-0.15, -0.1) is 12.4 Å². The zero-order valence-electron chi connectivity index (χ0n) is 9.99. The zero-order valence-corrected chi connectivity index (χ0v) is 11.6. The minimum Gasteiger partial charge on any atom is -0.329 e. The van der Waals surface area contributed by atoms with Gasteiger partial charge in [0.2, 0.25) is 10.0 Å². The molecule has 19 heavy (non-hydrogen) atoms. The van der Waals surface area contributed by atoms with Gasteiger partial charge in [-0.1, -0.05) is 6.07 Å². The Morgan fingerprint density at radius 2 is 1.89 bits per heavy atom. The lowest BCUT2D eigenvalue weighted by Crippen LogP contribution is -2.29. The highest BCUT2D eigenvalue weighted by Gasteiger charge is 2.32. The van der Waals surface area contributed by atoms with Crippen LogP contribution >= 0.6 is 12.4 Å². The molecule has 1 aromatic rings. The molecule has 3 N–H and O–H groups in total. The number of hydrogen-bond donors (Lipinski definition) is 2. The van der Waals surface area contributed by atoms with E-state index in [-0.39, 0.29) is 36.0 Å². The molecule has 0 aliphatic rings. The Kier molecular flexibility index (Phi) is 6.27. The maximum Gasteiger partial charge on any atom is 0.416 e. The van der Waals surface area contributed by atoms with E-state index in [0.29, 0.717) is 6.07 Å². The van der Waals surface area contributed by atoms with Crippen molar-refractivity contribution < 1.29 is 21.6 Å². The van der Waals surface area contributed by atoms with Crippen LogP contribution in [0.3, 0.4) is 0 Å². The average molecular weight is 319 g/mol. The maximum atomic E-state index is 12.5. The van der Waals surface area contributed by atoms with Crippen molar-refractivity contribution in [2.75, 3.05) is 13.1 Å². The van der Waals surface area contributed by atoms with Crippen molar-refractivity contribution in [3.8, 4) is 0 Å². The van der Waals surface area contributed by atoms with E-state index in [1.54, 1.807) is 0 Å². The van der Waals surface area contributed by atoms with E-state index in [9.17, 15) is 21.6 Å². The van der Waals surface area contributed by atoms with Gasteiger partial charge in [-0.2, -0.15) is 13.2 Å². The summed E-state index contributed by atoms with van der Waals surface area (Å²) in [6.07, 6.45) is -4.58. The molecule has 0 unspecified atom stereocenters. The highest BCUT2D eigenvalue weighted by molar-refractivity contribution is 7.89. The Balaban J connectivity index is 0.00000324. The van der Waals surface area contributed by atoms with Crippen LogP contribution in [-0.2, 0) is 16.2 Å². The van der Waals surface area contributed by atoms with Crippen LogP contribution in [0.1, 0.15) is 11.1 Å². The summed E-state index contributed by atoms with van der Waals surface area (Å²) in [6, 6.07) is 2.59. The predicted molar refractivity (Wildman–Crippen MR) is 67.7 cm³/mol. The first kappa shape index (κ1) is 18.2. The number of alkyl halides is 3. The SMILES string of the molecule is Cc1ccc(C(F)(F)F)cc1S(=O)(=O)NCCN.Cl. The molecule has 0 saturated carbocycles. The summed E-state index contributed by atoms with van der Waals surface area (Å²) in [5.74, 6) is 0. The van der Waals surface area contributed by atoms with Crippen LogP contribution in [-0.4, -0.2) is 21.5 Å². The fourth-order valence-corrected chi connectivity index (χ4v) is 2.65. The smallest absolute Gasteiger partial charge is 0.329 e. The molecule has 4 nitrogen and oxygen atoms in total. The van der Waals surface area contributed by atoms with Gasteiger partial charge in [0.05, 0.1) is 10.5 Å². The van der Waals surface area contributed by atoms with Gasteiger partial charge in [0.1, 0.15) is 0 Å². The van der Waals surface area contributed by atoms with E-state index in [1.165, 1.54) is 6.92 Å². The van der Waals surface area contributed by atoms with Gasteiger partial charge >= 0.3 is 6.18 Å². The van der Waals surface area contributed by atoms with Crippen LogP contribution < -0.4 is 10.5 Å². The molecule has 0 saturated heterocycles. The fraction of sp³-hybridized carbons (Fsp3) is 0.400. The van der Waals surface area contributed by atoms with E-state index in [0.717, 1.165) is 12.1 Å². The van der Waals surface area contributed by atoms with Crippen LogP contribution in [0.15, 0.2) is 23.1 Å². The van der Waals surface area contributed by atoms with E-state index >= 15 is 0 Å². The van der Waals surface area contributed by atoms with E-state index in [1.807, 2.05) is 0 Å². The third-order valence-electron chi connectivity index (χ3n) is 2.24. The van der Waals surface area contributed by atoms with Gasteiger partial charge in [-0.05, 0) is 24.6 Å². The maximum absolute atomic E-state index is 12.5. The van der Waals surface area contributed by atoms with E-state index < -0.39 is 21.8 Å². The second-order valence-electron chi connectivity index (χ2n) is 3.66. The molecule has 0 heterocycles. The van der Waals surface area contributed by atoms with Crippen LogP contribution in [0.25, 0.3) is 0 Å². The molecule has 0 aliphatic heterocycles. The third kappa shape index (κ3) is 4.64. The monoisotopic (exact) mass is 318 g/mol. The topological polar surface area (TPSA) is 72.2 Å². The molecule has 0 bridgehead atoms. The van der Waals surface area contributed by atoms with Gasteiger partial charge in [0.25, 0.3) is 0 Å². The normalized spacial score (nSPS) is 12.1. The van der Waals surface area contributed by atoms with Gasteiger partial charge < -0.3 is 5.73 Å². The molecular weight excluding hydrogens is 305 g/mol. The molecule has 110 valence electrons. The Morgan fingerprint density at radius 3 is 2.37 bits per heavy atom. The molecule has 9 heteroatoms. The first-order valence-corrected chi connectivity index (χ1v) is 6.54. The lowest BCUT2D eigenvalue weighted by atomic mass is 10.1. The number of aryl methyl sites for hydroxylation is 1. The number of rotatable bonds is 4. The van der Waals surface area contributed by atoms with Crippen molar-refractivity contribution in [1.82, 2.24) is 4.72 Å². The molecule has 0 atom stereocenters. The quantitative estimate of drug-likeness (QED) is 0.887. The standard InChI is InChI=1S/C10H13F3N2O2S.ClH/c1-7-2-3-8(10(11,12)13)6-9(7)18(16,17)15-5-4-14;/h2-3,6,15H,4-5,14H2,1H3;1H. The summed E-state index contributed by atoms with van der Waals surface area (Å²) in [6.45, 7) is 1.46. The van der Waals surface area contributed by atoms with Crippen molar-refractivity contribution in [1.29, 1.82) is 0 Å². The van der Waals surface area contributed by atoms with Crippen molar-refractivity contribution in [2.24, 2.45) is 5.73 Å². The molecule has 1 rings (SSSR count). The summed E-state index contributed by atoms with van der Waals surface area (Å²) < 4.78 is 63.2. The Morgan fingerprint density at radius 1 is 1.32 bits per heavy atom. The second-order valence-corrected chi connectivity index (χ2v) is 5.40. The lowest BCUT2D eigenvalue weighted by molar-refractivity contribution is -0.137. The summed E-state index contributed by atoms with van der Waals surface area (Å²) >= 11 is 0. The number of halogens is 4. The zero-order chi connectivity index (χ0) is 14.0. The third-order valence-corrected chi connectivity index (χ3v) is 3.84. The minimum absolute atomic E-state index is 0. The van der Waals surface area contributed by atoms with Gasteiger partial charge in [0, 0.05) is 13.1 Å². The first-order chi connectivity index (χ1) is 8.18. The molecule has 0 radical (unpaired) electrons. The van der Waals surface area contributed by atoms with Gasteiger partial charge in [0.15, 0.2) is 0 Å². The Hall–Kier alpha value is -0.830. The highest BCUT2D eigenvalue weighted by Crippen LogP contribution is 2.31. The largest absolute Gasteiger partial charge is 0.416 e. The number of nitrogens with one attached hydrogen (secondary N) is 1. The van der Waals surface area contributed by atoms with Crippen molar-refractivity contribution in [2.45, 2.75) is 18.0 Å². The molecule has 0 aliphatic carbocycles. The Bertz CT molecular complexity index is 532. The van der Waals surface area contributed by atoms with Gasteiger partial charge in [-0.25, -0.2) is 13.1 Å². The number of nitrogens with two attached hydrogens (primary N) is 1. The highest BCUT2D eigenvalue weighted by atomic mass is 35.5. The summed E-state index contributed by atoms with van der Waals surface area (Å²) in [5.41, 5.74) is 4.39. The van der Waals surface area contributed by atoms with Crippen LogP contribution in [0.2, 0.25) is 0 Å². The summed E-state index contributed by atoms with van der Waals surface area (Å²) in [4.78, 5) is -0.384. The van der Waals surface area contributed by atoms with Gasteiger partial charge in [-0.3, -0.25) is 0 Å². The van der Waals surface area contributed by atoms with Crippen molar-refractivity contribution >= 4 is 22.4 Å². The van der Waals surface area contributed by atoms with Crippen LogP contribution in [0.5, 0.6) is 0 Å². The molecular formula is C10H14ClF3N2O2S. The Labute approximate surface area is 115 Å². The number of hydrogen-bond acceptors (Lipinski definition) is 3. The van der Waals surface area contributed by atoms with Crippen molar-refractivity contribution in [3.05, 3.63) is 29.3 Å². The molecule has 1 aromatic carbocycles. The number of benzene rings is 1. The molecule has 0 spiro atoms. The summed E-state index contributed by atoms with van der Waals surface area (Å²) in [5, 5.41) is 0. The molecule has 0 aromatic heterocycles. The van der Waals surface area contributed by atoms with E-state index in [2.05, 4.69) is 4.72 Å². The molecule has 0 fully saturated rings. The fourth-order valence-electron chi connectivity index (χ4n) is 1.34. The van der Waals surface area contributed by atoms with E-state index in [4.69, 9.17) is 5.73 Å². The van der Waals surface area contributed by atoms with Crippen LogP contribution in [0.4, 0.5) is 13.2 Å². The van der Waals surface area contributed by atoms with Crippen molar-refractivity contribution in [3.63, 3.8) is 0 Å². The summed E-state index contributed by atoms with van der Waals surface area (Å²) in [7, 11) is -3.97. The number of sulfonamides is 1. The lowest BCUT2D eigenvalue weighted by Gasteiger charge is -2.12. The predicted octanol–water partition coefficient (Wildman–Crippen LogP) is 1.67. The first-order valence-electron chi connectivity index (χ1n) is 5.06. The van der Waals surface area contributed by atoms with Crippen LogP contribution in [0, 0.1) is 6.92 Å². The second kappa shape index (κ2) is 6.56.